The van der Waals surface area contributed by atoms with Crippen LogP contribution in [0.3, 0.4) is 0 Å². The van der Waals surface area contributed by atoms with Crippen molar-refractivity contribution >= 4 is 39.3 Å². The third-order valence-corrected chi connectivity index (χ3v) is 4.84. The van der Waals surface area contributed by atoms with Crippen molar-refractivity contribution in [3.63, 3.8) is 0 Å². The molecule has 6 nitrogen and oxygen atoms in total. The second kappa shape index (κ2) is 8.01. The molecule has 2 heterocycles. The van der Waals surface area contributed by atoms with Crippen molar-refractivity contribution < 1.29 is 9.18 Å². The minimum Gasteiger partial charge on any atom is -0.309 e. The molecule has 1 amide bonds. The van der Waals surface area contributed by atoms with Gasteiger partial charge in [-0.3, -0.25) is 14.2 Å². The molecule has 1 aromatic carbocycles. The van der Waals surface area contributed by atoms with Crippen LogP contribution in [-0.2, 0) is 17.9 Å². The number of nitrogens with zero attached hydrogens (tertiary/aromatic N) is 4. The highest BCUT2D eigenvalue weighted by molar-refractivity contribution is 9.10. The van der Waals surface area contributed by atoms with E-state index in [0.29, 0.717) is 23.9 Å². The summed E-state index contributed by atoms with van der Waals surface area (Å²) in [5, 5.41) is 11.7. The van der Waals surface area contributed by atoms with Crippen molar-refractivity contribution in [3.8, 4) is 0 Å². The molecule has 0 fully saturated rings. The lowest BCUT2D eigenvalue weighted by Gasteiger charge is -2.05. The van der Waals surface area contributed by atoms with Crippen LogP contribution >= 0.6 is 27.5 Å². The molecule has 0 aliphatic carbocycles. The second-order valence-electron chi connectivity index (χ2n) is 5.76. The van der Waals surface area contributed by atoms with Crippen LogP contribution in [0.2, 0.25) is 5.02 Å². The number of aromatic nitrogens is 4. The van der Waals surface area contributed by atoms with E-state index in [1.54, 1.807) is 27.7 Å². The number of hydrogen-bond donors (Lipinski definition) is 1. The van der Waals surface area contributed by atoms with Gasteiger partial charge in [0.15, 0.2) is 5.82 Å². The van der Waals surface area contributed by atoms with Crippen LogP contribution < -0.4 is 5.32 Å². The Labute approximate surface area is 163 Å². The summed E-state index contributed by atoms with van der Waals surface area (Å²) >= 11 is 9.41. The van der Waals surface area contributed by atoms with E-state index in [-0.39, 0.29) is 18.1 Å². The minimum atomic E-state index is -0.383. The summed E-state index contributed by atoms with van der Waals surface area (Å²) in [4.78, 5) is 12.1. The number of halogens is 3. The molecule has 3 aromatic rings. The summed E-state index contributed by atoms with van der Waals surface area (Å²) in [7, 11) is 0. The number of aryl methyl sites for hydroxylation is 2. The number of nitrogens with one attached hydrogen (secondary N) is 1. The van der Waals surface area contributed by atoms with Gasteiger partial charge in [0.25, 0.3) is 0 Å². The maximum atomic E-state index is 13.1. The third-order valence-electron chi connectivity index (χ3n) is 3.71. The predicted molar refractivity (Wildman–Crippen MR) is 101 cm³/mol. The van der Waals surface area contributed by atoms with Gasteiger partial charge in [-0.2, -0.15) is 10.2 Å². The normalized spacial score (nSPS) is 10.9. The molecule has 0 atom stereocenters. The molecule has 2 aromatic heterocycles. The lowest BCUT2D eigenvalue weighted by molar-refractivity contribution is -0.116. The van der Waals surface area contributed by atoms with Crippen molar-refractivity contribution in [1.29, 1.82) is 0 Å². The van der Waals surface area contributed by atoms with Crippen LogP contribution in [0.5, 0.6) is 0 Å². The van der Waals surface area contributed by atoms with Crippen LogP contribution in [-0.4, -0.2) is 25.5 Å². The van der Waals surface area contributed by atoms with E-state index in [0.717, 1.165) is 15.7 Å². The molecule has 0 radical (unpaired) electrons. The Kier molecular flexibility index (Phi) is 5.73. The predicted octanol–water partition coefficient (Wildman–Crippen LogP) is 4.02. The number of carbonyl (C=O) groups is 1. The fourth-order valence-electron chi connectivity index (χ4n) is 2.37. The van der Waals surface area contributed by atoms with Gasteiger partial charge in [0.1, 0.15) is 5.82 Å². The average molecular weight is 441 g/mol. The molecule has 0 saturated heterocycles. The summed E-state index contributed by atoms with van der Waals surface area (Å²) in [5.41, 5.74) is 1.62. The van der Waals surface area contributed by atoms with Gasteiger partial charge in [0, 0.05) is 36.4 Å². The molecule has 3 rings (SSSR count). The highest BCUT2D eigenvalue weighted by Gasteiger charge is 2.09. The van der Waals surface area contributed by atoms with E-state index in [1.807, 2.05) is 13.1 Å². The van der Waals surface area contributed by atoms with Crippen molar-refractivity contribution in [3.05, 3.63) is 63.2 Å². The molecule has 0 aliphatic heterocycles. The molecule has 1 N–H and O–H groups in total. The van der Waals surface area contributed by atoms with Crippen molar-refractivity contribution in [2.24, 2.45) is 0 Å². The average Bonchev–Trinajstić information content (AvgIpc) is 3.15. The zero-order valence-corrected chi connectivity index (χ0v) is 16.3. The van der Waals surface area contributed by atoms with Gasteiger partial charge in [0.2, 0.25) is 5.91 Å². The molecule has 0 bridgehead atoms. The number of rotatable bonds is 6. The maximum Gasteiger partial charge on any atom is 0.227 e. The maximum absolute atomic E-state index is 13.1. The van der Waals surface area contributed by atoms with E-state index in [1.165, 1.54) is 12.1 Å². The summed E-state index contributed by atoms with van der Waals surface area (Å²) in [6.07, 6.45) is 3.84. The van der Waals surface area contributed by atoms with E-state index >= 15 is 0 Å². The van der Waals surface area contributed by atoms with Gasteiger partial charge in [-0.15, -0.1) is 0 Å². The summed E-state index contributed by atoms with van der Waals surface area (Å²) < 4.78 is 17.3. The Bertz CT molecular complexity index is 920. The number of hydrogen-bond acceptors (Lipinski definition) is 3. The van der Waals surface area contributed by atoms with Crippen LogP contribution in [0.25, 0.3) is 0 Å². The van der Waals surface area contributed by atoms with Crippen LogP contribution in [0.4, 0.5) is 10.2 Å². The molecule has 0 aliphatic rings. The van der Waals surface area contributed by atoms with Gasteiger partial charge in [-0.1, -0.05) is 17.7 Å². The van der Waals surface area contributed by atoms with Gasteiger partial charge < -0.3 is 5.32 Å². The Morgan fingerprint density at radius 2 is 2.12 bits per heavy atom. The lowest BCUT2D eigenvalue weighted by Crippen LogP contribution is -2.15. The van der Waals surface area contributed by atoms with Gasteiger partial charge in [-0.25, -0.2) is 4.39 Å². The molecule has 0 saturated carbocycles. The third kappa shape index (κ3) is 4.70. The van der Waals surface area contributed by atoms with Gasteiger partial charge in [0.05, 0.1) is 16.7 Å². The second-order valence-corrected chi connectivity index (χ2v) is 7.02. The molecule has 9 heteroatoms. The molecule has 0 spiro atoms. The first-order valence-corrected chi connectivity index (χ1v) is 9.04. The fraction of sp³-hybridized carbons (Fsp3) is 0.235. The van der Waals surface area contributed by atoms with Gasteiger partial charge >= 0.3 is 0 Å². The number of amides is 1. The van der Waals surface area contributed by atoms with E-state index in [2.05, 4.69) is 31.4 Å². The minimum absolute atomic E-state index is 0.153. The Morgan fingerprint density at radius 3 is 2.81 bits per heavy atom. The SMILES string of the molecule is Cc1nn(CCC(=O)Nc2ccn(Cc3ccc(F)cc3Cl)n2)cc1Br. The highest BCUT2D eigenvalue weighted by atomic mass is 79.9. The zero-order valence-electron chi connectivity index (χ0n) is 13.9. The van der Waals surface area contributed by atoms with E-state index in [4.69, 9.17) is 11.6 Å². The monoisotopic (exact) mass is 439 g/mol. The lowest BCUT2D eigenvalue weighted by atomic mass is 10.2. The first-order chi connectivity index (χ1) is 12.4. The highest BCUT2D eigenvalue weighted by Crippen LogP contribution is 2.18. The molecule has 0 unspecified atom stereocenters. The van der Waals surface area contributed by atoms with E-state index in [9.17, 15) is 9.18 Å². The molecular weight excluding hydrogens is 425 g/mol. The standard InChI is InChI=1S/C17H16BrClFN5O/c1-11-14(18)10-25(22-11)7-5-17(26)21-16-4-6-24(23-16)9-12-2-3-13(20)8-15(12)19/h2-4,6,8,10H,5,7,9H2,1H3,(H,21,23,26). The van der Waals surface area contributed by atoms with Crippen LogP contribution in [0.1, 0.15) is 17.7 Å². The zero-order chi connectivity index (χ0) is 18.7. The Morgan fingerprint density at radius 1 is 1.31 bits per heavy atom. The quantitative estimate of drug-likeness (QED) is 0.630. The van der Waals surface area contributed by atoms with Crippen LogP contribution in [0.15, 0.2) is 41.1 Å². The van der Waals surface area contributed by atoms with Crippen molar-refractivity contribution in [1.82, 2.24) is 19.6 Å². The van der Waals surface area contributed by atoms with Crippen molar-refractivity contribution in [2.45, 2.75) is 26.4 Å². The molecule has 136 valence electrons. The Balaban J connectivity index is 1.55. The summed E-state index contributed by atoms with van der Waals surface area (Å²) in [6.45, 7) is 2.75. The summed E-state index contributed by atoms with van der Waals surface area (Å²) in [5.74, 6) is -0.0861. The fourth-order valence-corrected chi connectivity index (χ4v) is 2.91. The smallest absolute Gasteiger partial charge is 0.227 e. The first-order valence-electron chi connectivity index (χ1n) is 7.87. The first kappa shape index (κ1) is 18.6. The Hall–Kier alpha value is -2.19. The largest absolute Gasteiger partial charge is 0.309 e. The summed E-state index contributed by atoms with van der Waals surface area (Å²) in [6, 6.07) is 5.92. The van der Waals surface area contributed by atoms with E-state index < -0.39 is 0 Å². The van der Waals surface area contributed by atoms with Crippen molar-refractivity contribution in [2.75, 3.05) is 5.32 Å². The molecule has 26 heavy (non-hydrogen) atoms. The number of carbonyl (C=O) groups excluding carboxylic acids is 1. The van der Waals surface area contributed by atoms with Gasteiger partial charge in [-0.05, 0) is 40.5 Å². The molecular formula is C17H16BrClFN5O. The topological polar surface area (TPSA) is 64.7 Å². The number of benzene rings is 1. The number of anilines is 1. The van der Waals surface area contributed by atoms with Crippen LogP contribution in [0, 0.1) is 12.7 Å².